The average molecular weight is 392 g/mol. The van der Waals surface area contributed by atoms with E-state index in [0.717, 1.165) is 33.1 Å². The summed E-state index contributed by atoms with van der Waals surface area (Å²) in [6.45, 7) is 1.94. The number of methoxy groups -OCH3 is 1. The molecule has 4 rings (SSSR count). The molecule has 0 radical (unpaired) electrons. The number of carbonyl (C=O) groups excluding carboxylic acids is 2. The van der Waals surface area contributed by atoms with E-state index >= 15 is 0 Å². The van der Waals surface area contributed by atoms with Crippen molar-refractivity contribution in [1.82, 2.24) is 0 Å². The number of hydrogen-bond donors (Lipinski definition) is 2. The molecular weight excluding hydrogens is 372 g/mol. The quantitative estimate of drug-likeness (QED) is 0.671. The second-order valence-electron chi connectivity index (χ2n) is 6.67. The van der Waals surface area contributed by atoms with Crippen LogP contribution in [-0.2, 0) is 4.79 Å². The molecule has 1 aromatic heterocycles. The van der Waals surface area contributed by atoms with Crippen LogP contribution in [0.5, 0.6) is 5.75 Å². The first-order valence-electron chi connectivity index (χ1n) is 9.01. The number of hydrogen-bond acceptors (Lipinski definition) is 4. The zero-order valence-corrected chi connectivity index (χ0v) is 16.4. The zero-order valence-electron chi connectivity index (χ0n) is 15.6. The maximum atomic E-state index is 12.9. The number of ether oxygens (including phenoxy) is 1. The van der Waals surface area contributed by atoms with Gasteiger partial charge in [-0.15, -0.1) is 11.3 Å². The molecule has 3 aromatic rings. The van der Waals surface area contributed by atoms with Crippen LogP contribution in [0.4, 0.5) is 10.7 Å². The molecule has 2 aromatic carbocycles. The van der Waals surface area contributed by atoms with Crippen LogP contribution in [0.2, 0.25) is 0 Å². The molecule has 0 fully saturated rings. The summed E-state index contributed by atoms with van der Waals surface area (Å²) in [5.74, 6) is 0.374. The number of thiophene rings is 1. The van der Waals surface area contributed by atoms with Crippen molar-refractivity contribution >= 4 is 33.8 Å². The lowest BCUT2D eigenvalue weighted by molar-refractivity contribution is -0.116. The lowest BCUT2D eigenvalue weighted by Gasteiger charge is -2.25. The molecule has 1 atom stereocenters. The summed E-state index contributed by atoms with van der Waals surface area (Å²) < 4.78 is 5.51. The fourth-order valence-electron chi connectivity index (χ4n) is 3.65. The number of para-hydroxylation sites is 2. The predicted molar refractivity (Wildman–Crippen MR) is 112 cm³/mol. The number of rotatable bonds is 4. The highest BCUT2D eigenvalue weighted by Gasteiger charge is 2.34. The fraction of sp³-hybridized carbons (Fsp3) is 0.182. The molecule has 1 aliphatic heterocycles. The van der Waals surface area contributed by atoms with Crippen LogP contribution >= 0.6 is 11.3 Å². The van der Waals surface area contributed by atoms with E-state index in [1.807, 2.05) is 61.5 Å². The van der Waals surface area contributed by atoms with Crippen LogP contribution in [0.15, 0.2) is 54.6 Å². The molecule has 0 saturated heterocycles. The Hall–Kier alpha value is -3.12. The van der Waals surface area contributed by atoms with Crippen molar-refractivity contribution in [3.63, 3.8) is 0 Å². The van der Waals surface area contributed by atoms with E-state index in [4.69, 9.17) is 4.74 Å². The van der Waals surface area contributed by atoms with Gasteiger partial charge in [-0.25, -0.2) is 0 Å². The molecule has 0 spiro atoms. The first kappa shape index (κ1) is 18.3. The van der Waals surface area contributed by atoms with Crippen LogP contribution in [0.25, 0.3) is 0 Å². The number of benzene rings is 2. The average Bonchev–Trinajstić information content (AvgIpc) is 3.04. The van der Waals surface area contributed by atoms with Crippen LogP contribution in [0, 0.1) is 6.92 Å². The Morgan fingerprint density at radius 2 is 1.86 bits per heavy atom. The van der Waals surface area contributed by atoms with Gasteiger partial charge in [0, 0.05) is 23.6 Å². The van der Waals surface area contributed by atoms with Gasteiger partial charge in [0.2, 0.25) is 5.91 Å². The van der Waals surface area contributed by atoms with Gasteiger partial charge in [-0.2, -0.15) is 0 Å². The summed E-state index contributed by atoms with van der Waals surface area (Å²) in [5.41, 5.74) is 3.58. The molecule has 28 heavy (non-hydrogen) atoms. The van der Waals surface area contributed by atoms with Gasteiger partial charge in [0.15, 0.2) is 0 Å². The van der Waals surface area contributed by atoms with Gasteiger partial charge in [-0.1, -0.05) is 36.4 Å². The lowest BCUT2D eigenvalue weighted by Crippen LogP contribution is -2.23. The number of amides is 2. The second-order valence-corrected chi connectivity index (χ2v) is 7.69. The Kier molecular flexibility index (Phi) is 4.88. The third-order valence-electron chi connectivity index (χ3n) is 4.94. The molecule has 2 amide bonds. The third kappa shape index (κ3) is 3.27. The normalized spacial score (nSPS) is 15.5. The predicted octanol–water partition coefficient (Wildman–Crippen LogP) is 4.79. The van der Waals surface area contributed by atoms with Gasteiger partial charge in [0.25, 0.3) is 5.91 Å². The van der Waals surface area contributed by atoms with E-state index in [1.165, 1.54) is 11.3 Å². The minimum Gasteiger partial charge on any atom is -0.496 e. The molecule has 5 nitrogen and oxygen atoms in total. The fourth-order valence-corrected chi connectivity index (χ4v) is 4.83. The topological polar surface area (TPSA) is 67.4 Å². The van der Waals surface area contributed by atoms with Crippen LogP contribution in [-0.4, -0.2) is 18.9 Å². The SMILES string of the molecule is COc1ccccc1C1CC(=O)Nc2sc(C(=O)Nc3ccccc3)c(C)c21. The Morgan fingerprint density at radius 3 is 2.61 bits per heavy atom. The van der Waals surface area contributed by atoms with Crippen molar-refractivity contribution < 1.29 is 14.3 Å². The minimum absolute atomic E-state index is 0.0559. The third-order valence-corrected chi connectivity index (χ3v) is 6.16. The van der Waals surface area contributed by atoms with Gasteiger partial charge < -0.3 is 15.4 Å². The highest BCUT2D eigenvalue weighted by molar-refractivity contribution is 7.18. The van der Waals surface area contributed by atoms with Gasteiger partial charge >= 0.3 is 0 Å². The number of anilines is 2. The van der Waals surface area contributed by atoms with E-state index in [2.05, 4.69) is 10.6 Å². The van der Waals surface area contributed by atoms with Crippen molar-refractivity contribution in [2.45, 2.75) is 19.3 Å². The Balaban J connectivity index is 1.75. The van der Waals surface area contributed by atoms with Crippen molar-refractivity contribution in [3.8, 4) is 5.75 Å². The van der Waals surface area contributed by atoms with Crippen molar-refractivity contribution in [3.05, 3.63) is 76.2 Å². The minimum atomic E-state index is -0.170. The van der Waals surface area contributed by atoms with E-state index in [9.17, 15) is 9.59 Å². The number of carbonyl (C=O) groups is 2. The van der Waals surface area contributed by atoms with Crippen molar-refractivity contribution in [1.29, 1.82) is 0 Å². The molecule has 2 heterocycles. The smallest absolute Gasteiger partial charge is 0.266 e. The number of nitrogens with one attached hydrogen (secondary N) is 2. The van der Waals surface area contributed by atoms with E-state index < -0.39 is 0 Å². The van der Waals surface area contributed by atoms with Gasteiger partial charge in [0.1, 0.15) is 5.75 Å². The first-order chi connectivity index (χ1) is 13.6. The molecule has 1 unspecified atom stereocenters. The van der Waals surface area contributed by atoms with Gasteiger partial charge in [-0.05, 0) is 36.2 Å². The van der Waals surface area contributed by atoms with E-state index in [1.54, 1.807) is 7.11 Å². The highest BCUT2D eigenvalue weighted by Crippen LogP contribution is 2.47. The van der Waals surface area contributed by atoms with E-state index in [-0.39, 0.29) is 17.7 Å². The Labute approximate surface area is 167 Å². The summed E-state index contributed by atoms with van der Waals surface area (Å²) in [6.07, 6.45) is 0.324. The Bertz CT molecular complexity index is 1040. The van der Waals surface area contributed by atoms with Gasteiger partial charge in [-0.3, -0.25) is 9.59 Å². The first-order valence-corrected chi connectivity index (χ1v) is 9.82. The molecule has 0 bridgehead atoms. The number of fused-ring (bicyclic) bond motifs is 1. The molecule has 1 aliphatic rings. The standard InChI is InChI=1S/C22H20N2O3S/c1-13-19-16(15-10-6-7-11-17(15)27-2)12-18(25)24-22(19)28-20(13)21(26)23-14-8-4-3-5-9-14/h3-11,16H,12H2,1-2H3,(H,23,26)(H,24,25). The molecular formula is C22H20N2O3S. The van der Waals surface area contributed by atoms with E-state index in [0.29, 0.717) is 11.3 Å². The lowest BCUT2D eigenvalue weighted by atomic mass is 9.84. The molecule has 6 heteroatoms. The summed E-state index contributed by atoms with van der Waals surface area (Å²) >= 11 is 1.32. The summed E-state index contributed by atoms with van der Waals surface area (Å²) in [7, 11) is 1.63. The summed E-state index contributed by atoms with van der Waals surface area (Å²) in [6, 6.07) is 17.1. The molecule has 0 aliphatic carbocycles. The summed E-state index contributed by atoms with van der Waals surface area (Å²) in [4.78, 5) is 25.8. The van der Waals surface area contributed by atoms with Crippen LogP contribution in [0.3, 0.4) is 0 Å². The van der Waals surface area contributed by atoms with Crippen LogP contribution < -0.4 is 15.4 Å². The maximum absolute atomic E-state index is 12.9. The molecule has 2 N–H and O–H groups in total. The Morgan fingerprint density at radius 1 is 1.14 bits per heavy atom. The summed E-state index contributed by atoms with van der Waals surface area (Å²) in [5, 5.41) is 6.61. The maximum Gasteiger partial charge on any atom is 0.266 e. The highest BCUT2D eigenvalue weighted by atomic mass is 32.1. The van der Waals surface area contributed by atoms with Crippen molar-refractivity contribution in [2.75, 3.05) is 17.7 Å². The molecule has 0 saturated carbocycles. The largest absolute Gasteiger partial charge is 0.496 e. The zero-order chi connectivity index (χ0) is 19.7. The molecule has 142 valence electrons. The van der Waals surface area contributed by atoms with Gasteiger partial charge in [0.05, 0.1) is 17.0 Å². The second kappa shape index (κ2) is 7.48. The van der Waals surface area contributed by atoms with Crippen molar-refractivity contribution in [2.24, 2.45) is 0 Å². The monoisotopic (exact) mass is 392 g/mol. The van der Waals surface area contributed by atoms with Crippen LogP contribution in [0.1, 0.15) is 38.7 Å².